The Kier molecular flexibility index (Phi) is 13.3. The second kappa shape index (κ2) is 17.7. The summed E-state index contributed by atoms with van der Waals surface area (Å²) in [5.41, 5.74) is 10.5. The third-order valence-electron chi connectivity index (χ3n) is 11.1. The van der Waals surface area contributed by atoms with Gasteiger partial charge in [0.15, 0.2) is 26.4 Å². The van der Waals surface area contributed by atoms with Gasteiger partial charge in [-0.05, 0) is 88.4 Å². The minimum atomic E-state index is -0.247. The van der Waals surface area contributed by atoms with Gasteiger partial charge < -0.3 is 18.9 Å². The number of ether oxygens (including phenoxy) is 4. The molecule has 0 amide bonds. The van der Waals surface area contributed by atoms with Gasteiger partial charge in [-0.1, -0.05) is 132 Å². The molecule has 0 atom stereocenters. The molecule has 0 fully saturated rings. The van der Waals surface area contributed by atoms with Crippen molar-refractivity contribution < 1.29 is 18.9 Å². The Balaban J connectivity index is 2.04. The summed E-state index contributed by atoms with van der Waals surface area (Å²) >= 11 is 0. The molecule has 0 heterocycles. The first-order valence-electron chi connectivity index (χ1n) is 20.7. The van der Waals surface area contributed by atoms with E-state index in [0.717, 1.165) is 66.8 Å². The predicted molar refractivity (Wildman–Crippen MR) is 236 cm³/mol. The van der Waals surface area contributed by atoms with E-state index in [4.69, 9.17) is 18.9 Å². The van der Waals surface area contributed by atoms with Crippen LogP contribution in [0.5, 0.6) is 23.0 Å². The normalized spacial score (nSPS) is 12.9. The SMILES string of the molecule is CC(C)(C)c1cc2c(OCC#N)c(c1)Cc1cc(C(C)(C)C)cc(c1OCC#N)Cc1cc(C(C)(C)C)cc(c1OCC#N)Cc1cc(C(C)(C)C)cc(c1OCC#N)C2. The Hall–Kier alpha value is -5.96. The molecule has 60 heavy (non-hydrogen) atoms. The van der Waals surface area contributed by atoms with E-state index >= 15 is 0 Å². The van der Waals surface area contributed by atoms with Crippen LogP contribution in [0.25, 0.3) is 0 Å². The molecule has 8 heteroatoms. The van der Waals surface area contributed by atoms with E-state index < -0.39 is 0 Å². The molecular weight excluding hydrogens is 745 g/mol. The highest BCUT2D eigenvalue weighted by molar-refractivity contribution is 5.60. The number of nitrogens with zero attached hydrogens (tertiary/aromatic N) is 4. The van der Waals surface area contributed by atoms with Crippen LogP contribution in [-0.4, -0.2) is 26.4 Å². The topological polar surface area (TPSA) is 132 Å². The number of benzene rings is 4. The van der Waals surface area contributed by atoms with Gasteiger partial charge in [-0.15, -0.1) is 0 Å². The standard InChI is InChI=1S/C52H60N4O4/c1-49(2,3)41-25-33-21-35-27-42(50(4,5)6)29-37(46(35)58-18-14-54)23-39-31-44(52(10,11)12)32-40(48(39)60-20-16-56)24-38-30-43(51(7,8)9)28-36(47(38)59-19-15-55)22-34(26-41)45(33)57-17-13-53/h25-32H,17-24H2,1-12H3. The minimum Gasteiger partial charge on any atom is -0.478 e. The van der Waals surface area contributed by atoms with Crippen LogP contribution in [0, 0.1) is 45.3 Å². The first kappa shape index (κ1) is 45.1. The fraction of sp³-hybridized carbons (Fsp3) is 0.462. The molecule has 0 saturated carbocycles. The van der Waals surface area contributed by atoms with E-state index in [0.29, 0.717) is 48.7 Å². The van der Waals surface area contributed by atoms with Crippen molar-refractivity contribution in [3.63, 3.8) is 0 Å². The summed E-state index contributed by atoms with van der Waals surface area (Å²) in [6, 6.07) is 26.2. The van der Waals surface area contributed by atoms with Crippen LogP contribution in [0.1, 0.15) is 150 Å². The van der Waals surface area contributed by atoms with E-state index in [9.17, 15) is 21.0 Å². The van der Waals surface area contributed by atoms with Crippen molar-refractivity contribution >= 4 is 0 Å². The van der Waals surface area contributed by atoms with Crippen molar-refractivity contribution in [1.82, 2.24) is 0 Å². The third kappa shape index (κ3) is 10.4. The highest BCUT2D eigenvalue weighted by atomic mass is 16.5. The van der Waals surface area contributed by atoms with Crippen molar-refractivity contribution in [3.05, 3.63) is 115 Å². The maximum Gasteiger partial charge on any atom is 0.174 e. The van der Waals surface area contributed by atoms with Crippen LogP contribution < -0.4 is 18.9 Å². The van der Waals surface area contributed by atoms with Crippen molar-refractivity contribution in [1.29, 1.82) is 21.0 Å². The molecule has 4 aromatic rings. The van der Waals surface area contributed by atoms with Gasteiger partial charge in [-0.2, -0.15) is 21.0 Å². The number of fused-ring (bicyclic) bond motifs is 8. The second-order valence-corrected chi connectivity index (χ2v) is 20.0. The summed E-state index contributed by atoms with van der Waals surface area (Å²) in [5.74, 6) is 2.47. The third-order valence-corrected chi connectivity index (χ3v) is 11.1. The Labute approximate surface area is 358 Å². The lowest BCUT2D eigenvalue weighted by Crippen LogP contribution is -2.18. The first-order chi connectivity index (χ1) is 28.1. The van der Waals surface area contributed by atoms with Crippen LogP contribution in [-0.2, 0) is 47.3 Å². The average Bonchev–Trinajstić information content (AvgIpc) is 3.14. The molecule has 8 nitrogen and oxygen atoms in total. The van der Waals surface area contributed by atoms with Gasteiger partial charge in [0.1, 0.15) is 47.3 Å². The average molecular weight is 805 g/mol. The lowest BCUT2D eigenvalue weighted by molar-refractivity contribution is 0.351. The zero-order valence-corrected chi connectivity index (χ0v) is 37.7. The van der Waals surface area contributed by atoms with E-state index in [1.807, 2.05) is 0 Å². The molecule has 312 valence electrons. The maximum atomic E-state index is 9.88. The molecule has 0 radical (unpaired) electrons. The molecule has 1 aliphatic carbocycles. The van der Waals surface area contributed by atoms with Gasteiger partial charge >= 0.3 is 0 Å². The molecule has 0 aliphatic heterocycles. The minimum absolute atomic E-state index is 0.152. The molecule has 1 aliphatic rings. The van der Waals surface area contributed by atoms with Crippen molar-refractivity contribution in [2.45, 2.75) is 130 Å². The molecule has 4 aromatic carbocycles. The smallest absolute Gasteiger partial charge is 0.174 e. The number of nitriles is 4. The number of hydrogen-bond acceptors (Lipinski definition) is 8. The van der Waals surface area contributed by atoms with E-state index in [1.54, 1.807) is 0 Å². The van der Waals surface area contributed by atoms with Gasteiger partial charge in [-0.25, -0.2) is 0 Å². The molecule has 0 saturated heterocycles. The van der Waals surface area contributed by atoms with Crippen molar-refractivity contribution in [2.24, 2.45) is 0 Å². The van der Waals surface area contributed by atoms with Crippen LogP contribution in [0.3, 0.4) is 0 Å². The Morgan fingerprint density at radius 1 is 0.333 bits per heavy atom. The number of rotatable bonds is 8. The Bertz CT molecular complexity index is 1990. The molecule has 0 aromatic heterocycles. The quantitative estimate of drug-likeness (QED) is 0.151. The molecule has 8 bridgehead atoms. The van der Waals surface area contributed by atoms with Gasteiger partial charge in [0.05, 0.1) is 0 Å². The molecule has 0 unspecified atom stereocenters. The van der Waals surface area contributed by atoms with Crippen LogP contribution in [0.4, 0.5) is 0 Å². The molecular formula is C52H60N4O4. The van der Waals surface area contributed by atoms with E-state index in [2.05, 4.69) is 156 Å². The summed E-state index contributed by atoms with van der Waals surface area (Å²) in [7, 11) is 0. The van der Waals surface area contributed by atoms with Gasteiger partial charge in [0.2, 0.25) is 0 Å². The summed E-state index contributed by atoms with van der Waals surface area (Å²) in [4.78, 5) is 0. The largest absolute Gasteiger partial charge is 0.478 e. The molecule has 0 spiro atoms. The Morgan fingerprint density at radius 3 is 0.600 bits per heavy atom. The van der Waals surface area contributed by atoms with E-state index in [-0.39, 0.29) is 48.1 Å². The fourth-order valence-electron chi connectivity index (χ4n) is 7.78. The van der Waals surface area contributed by atoms with Gasteiger partial charge in [-0.3, -0.25) is 0 Å². The van der Waals surface area contributed by atoms with Gasteiger partial charge in [0, 0.05) is 25.7 Å². The lowest BCUT2D eigenvalue weighted by Gasteiger charge is -2.29. The van der Waals surface area contributed by atoms with Crippen LogP contribution in [0.15, 0.2) is 48.5 Å². The molecule has 5 rings (SSSR count). The first-order valence-corrected chi connectivity index (χ1v) is 20.7. The van der Waals surface area contributed by atoms with Crippen molar-refractivity contribution in [2.75, 3.05) is 26.4 Å². The summed E-state index contributed by atoms with van der Waals surface area (Å²) < 4.78 is 25.8. The summed E-state index contributed by atoms with van der Waals surface area (Å²) in [5, 5.41) is 39.5. The lowest BCUT2D eigenvalue weighted by atomic mass is 9.79. The molecule has 0 N–H and O–H groups in total. The van der Waals surface area contributed by atoms with E-state index in [1.165, 1.54) is 0 Å². The maximum absolute atomic E-state index is 9.88. The van der Waals surface area contributed by atoms with Crippen LogP contribution in [0.2, 0.25) is 0 Å². The fourth-order valence-corrected chi connectivity index (χ4v) is 7.78. The zero-order valence-electron chi connectivity index (χ0n) is 37.7. The van der Waals surface area contributed by atoms with Gasteiger partial charge in [0.25, 0.3) is 0 Å². The Morgan fingerprint density at radius 2 is 0.483 bits per heavy atom. The zero-order chi connectivity index (χ0) is 44.2. The number of hydrogen-bond donors (Lipinski definition) is 0. The second-order valence-electron chi connectivity index (χ2n) is 20.0. The van der Waals surface area contributed by atoms with Crippen molar-refractivity contribution in [3.8, 4) is 47.3 Å². The highest BCUT2D eigenvalue weighted by Crippen LogP contribution is 2.44. The highest BCUT2D eigenvalue weighted by Gasteiger charge is 2.29. The summed E-state index contributed by atoms with van der Waals surface area (Å²) in [6.07, 6.45) is 1.58. The monoisotopic (exact) mass is 804 g/mol. The summed E-state index contributed by atoms with van der Waals surface area (Å²) in [6.45, 7) is 25.6. The van der Waals surface area contributed by atoms with Crippen LogP contribution >= 0.6 is 0 Å². The predicted octanol–water partition coefficient (Wildman–Crippen LogP) is 11.2.